The molecule has 0 radical (unpaired) electrons. The van der Waals surface area contributed by atoms with E-state index in [4.69, 9.17) is 16.3 Å². The van der Waals surface area contributed by atoms with E-state index < -0.39 is 0 Å². The zero-order chi connectivity index (χ0) is 15.1. The van der Waals surface area contributed by atoms with Gasteiger partial charge in [0.2, 0.25) is 0 Å². The maximum Gasteiger partial charge on any atom is 0.138 e. The lowest BCUT2D eigenvalue weighted by Gasteiger charge is -2.09. The Morgan fingerprint density at radius 2 is 1.81 bits per heavy atom. The average molecular weight is 308 g/mol. The van der Waals surface area contributed by atoms with E-state index in [9.17, 15) is 4.39 Å². The number of rotatable bonds is 7. The van der Waals surface area contributed by atoms with Crippen molar-refractivity contribution >= 4 is 11.6 Å². The van der Waals surface area contributed by atoms with Crippen LogP contribution in [0.15, 0.2) is 42.5 Å². The van der Waals surface area contributed by atoms with Crippen molar-refractivity contribution in [1.82, 2.24) is 5.32 Å². The zero-order valence-corrected chi connectivity index (χ0v) is 12.8. The van der Waals surface area contributed by atoms with Crippen LogP contribution in [0, 0.1) is 5.82 Å². The van der Waals surface area contributed by atoms with Gasteiger partial charge >= 0.3 is 0 Å². The highest BCUT2D eigenvalue weighted by molar-refractivity contribution is 6.32. The number of hydrogen-bond donors (Lipinski definition) is 1. The summed E-state index contributed by atoms with van der Waals surface area (Å²) < 4.78 is 18.5. The summed E-state index contributed by atoms with van der Waals surface area (Å²) in [5.74, 6) is 0.128. The number of benzene rings is 2. The van der Waals surface area contributed by atoms with Crippen LogP contribution in [-0.2, 0) is 13.2 Å². The summed E-state index contributed by atoms with van der Waals surface area (Å²) in [5, 5.41) is 3.64. The highest BCUT2D eigenvalue weighted by Crippen LogP contribution is 2.25. The van der Waals surface area contributed by atoms with Crippen LogP contribution in [0.2, 0.25) is 5.02 Å². The molecule has 0 aliphatic rings. The van der Waals surface area contributed by atoms with E-state index in [0.29, 0.717) is 12.4 Å². The van der Waals surface area contributed by atoms with Gasteiger partial charge in [0.05, 0.1) is 5.02 Å². The molecule has 0 saturated heterocycles. The second-order valence-electron chi connectivity index (χ2n) is 4.86. The van der Waals surface area contributed by atoms with Crippen molar-refractivity contribution < 1.29 is 9.13 Å². The lowest BCUT2D eigenvalue weighted by molar-refractivity contribution is 0.306. The van der Waals surface area contributed by atoms with E-state index in [0.717, 1.165) is 25.1 Å². The van der Waals surface area contributed by atoms with Crippen LogP contribution in [0.4, 0.5) is 4.39 Å². The predicted molar refractivity (Wildman–Crippen MR) is 84.2 cm³/mol. The van der Waals surface area contributed by atoms with Gasteiger partial charge in [-0.3, -0.25) is 0 Å². The topological polar surface area (TPSA) is 21.3 Å². The van der Waals surface area contributed by atoms with E-state index in [1.807, 2.05) is 12.1 Å². The summed E-state index contributed by atoms with van der Waals surface area (Å²) in [6.45, 7) is 4.45. The fourth-order valence-corrected chi connectivity index (χ4v) is 2.14. The molecule has 0 bridgehead atoms. The molecule has 4 heteroatoms. The first-order valence-corrected chi connectivity index (χ1v) is 7.43. The van der Waals surface area contributed by atoms with Crippen molar-refractivity contribution in [3.8, 4) is 5.75 Å². The van der Waals surface area contributed by atoms with Crippen LogP contribution in [0.5, 0.6) is 5.75 Å². The summed E-state index contributed by atoms with van der Waals surface area (Å²) in [4.78, 5) is 0. The van der Waals surface area contributed by atoms with E-state index in [2.05, 4.69) is 24.4 Å². The van der Waals surface area contributed by atoms with Gasteiger partial charge in [-0.25, -0.2) is 4.39 Å². The maximum atomic E-state index is 12.9. The quantitative estimate of drug-likeness (QED) is 0.757. The van der Waals surface area contributed by atoms with Crippen molar-refractivity contribution in [2.75, 3.05) is 6.54 Å². The molecular weight excluding hydrogens is 289 g/mol. The molecule has 0 fully saturated rings. The Bertz CT molecular complexity index is 572. The Morgan fingerprint density at radius 3 is 2.48 bits per heavy atom. The highest BCUT2D eigenvalue weighted by atomic mass is 35.5. The largest absolute Gasteiger partial charge is 0.487 e. The third-order valence-corrected chi connectivity index (χ3v) is 3.36. The zero-order valence-electron chi connectivity index (χ0n) is 12.0. The summed E-state index contributed by atoms with van der Waals surface area (Å²) >= 11 is 5.92. The van der Waals surface area contributed by atoms with E-state index >= 15 is 0 Å². The average Bonchev–Trinajstić information content (AvgIpc) is 2.48. The monoisotopic (exact) mass is 307 g/mol. The normalized spacial score (nSPS) is 10.6. The van der Waals surface area contributed by atoms with Gasteiger partial charge in [-0.2, -0.15) is 0 Å². The number of ether oxygens (including phenoxy) is 1. The van der Waals surface area contributed by atoms with Gasteiger partial charge in [-0.05, 0) is 42.3 Å². The SMILES string of the molecule is CCCNCc1ccc(COc2ccc(F)cc2Cl)cc1. The Hall–Kier alpha value is -1.58. The standard InChI is InChI=1S/C17H19ClFNO/c1-2-9-20-11-13-3-5-14(6-4-13)12-21-17-8-7-15(19)10-16(17)18/h3-8,10,20H,2,9,11-12H2,1H3. The third-order valence-electron chi connectivity index (χ3n) is 3.07. The Kier molecular flexibility index (Phi) is 6.03. The first-order valence-electron chi connectivity index (χ1n) is 7.05. The predicted octanol–water partition coefficient (Wildman–Crippen LogP) is 4.56. The Labute approximate surface area is 129 Å². The molecule has 0 amide bonds. The van der Waals surface area contributed by atoms with Crippen LogP contribution < -0.4 is 10.1 Å². The van der Waals surface area contributed by atoms with E-state index in [1.165, 1.54) is 17.7 Å². The molecule has 2 rings (SSSR count). The molecule has 0 heterocycles. The minimum absolute atomic E-state index is 0.287. The van der Waals surface area contributed by atoms with Gasteiger partial charge in [0, 0.05) is 6.54 Å². The molecule has 0 aliphatic carbocycles. The molecule has 2 aromatic carbocycles. The molecule has 0 aliphatic heterocycles. The van der Waals surface area contributed by atoms with Crippen molar-refractivity contribution in [3.63, 3.8) is 0 Å². The van der Waals surface area contributed by atoms with Crippen LogP contribution in [0.25, 0.3) is 0 Å². The van der Waals surface area contributed by atoms with Crippen LogP contribution in [0.3, 0.4) is 0 Å². The number of nitrogens with one attached hydrogen (secondary N) is 1. The fraction of sp³-hybridized carbons (Fsp3) is 0.294. The molecule has 0 spiro atoms. The molecular formula is C17H19ClFNO. The van der Waals surface area contributed by atoms with Crippen LogP contribution in [-0.4, -0.2) is 6.54 Å². The Morgan fingerprint density at radius 1 is 1.10 bits per heavy atom. The van der Waals surface area contributed by atoms with Gasteiger partial charge in [0.25, 0.3) is 0 Å². The first-order chi connectivity index (χ1) is 10.2. The molecule has 112 valence electrons. The van der Waals surface area contributed by atoms with Gasteiger partial charge in [0.15, 0.2) is 0 Å². The fourth-order valence-electron chi connectivity index (χ4n) is 1.92. The molecule has 2 aromatic rings. The lowest BCUT2D eigenvalue weighted by Crippen LogP contribution is -2.13. The molecule has 21 heavy (non-hydrogen) atoms. The van der Waals surface area contributed by atoms with E-state index in [-0.39, 0.29) is 10.8 Å². The molecule has 0 unspecified atom stereocenters. The van der Waals surface area contributed by atoms with E-state index in [1.54, 1.807) is 6.07 Å². The van der Waals surface area contributed by atoms with Gasteiger partial charge in [0.1, 0.15) is 18.2 Å². The van der Waals surface area contributed by atoms with Crippen molar-refractivity contribution in [2.45, 2.75) is 26.5 Å². The number of hydrogen-bond acceptors (Lipinski definition) is 2. The molecule has 0 saturated carbocycles. The van der Waals surface area contributed by atoms with Crippen molar-refractivity contribution in [3.05, 3.63) is 64.4 Å². The highest BCUT2D eigenvalue weighted by Gasteiger charge is 2.03. The lowest BCUT2D eigenvalue weighted by atomic mass is 10.1. The molecule has 1 N–H and O–H groups in total. The molecule has 0 atom stereocenters. The Balaban J connectivity index is 1.88. The second kappa shape index (κ2) is 8.01. The summed E-state index contributed by atoms with van der Waals surface area (Å²) in [7, 11) is 0. The molecule has 2 nitrogen and oxygen atoms in total. The van der Waals surface area contributed by atoms with Crippen LogP contribution >= 0.6 is 11.6 Å². The maximum absolute atomic E-state index is 12.9. The van der Waals surface area contributed by atoms with Gasteiger partial charge in [-0.15, -0.1) is 0 Å². The number of halogens is 2. The smallest absolute Gasteiger partial charge is 0.138 e. The summed E-state index contributed by atoms with van der Waals surface area (Å²) in [6, 6.07) is 12.3. The van der Waals surface area contributed by atoms with Gasteiger partial charge in [-0.1, -0.05) is 42.8 Å². The summed E-state index contributed by atoms with van der Waals surface area (Å²) in [6.07, 6.45) is 1.13. The minimum atomic E-state index is -0.365. The van der Waals surface area contributed by atoms with Crippen molar-refractivity contribution in [1.29, 1.82) is 0 Å². The minimum Gasteiger partial charge on any atom is -0.487 e. The first kappa shape index (κ1) is 15.8. The van der Waals surface area contributed by atoms with Crippen molar-refractivity contribution in [2.24, 2.45) is 0 Å². The third kappa shape index (κ3) is 5.03. The second-order valence-corrected chi connectivity index (χ2v) is 5.26. The molecule has 0 aromatic heterocycles. The van der Waals surface area contributed by atoms with Crippen LogP contribution in [0.1, 0.15) is 24.5 Å². The summed E-state index contributed by atoms with van der Waals surface area (Å²) in [5.41, 5.74) is 2.29. The van der Waals surface area contributed by atoms with Gasteiger partial charge < -0.3 is 10.1 Å².